The average molecular weight is 260 g/mol. The molecule has 0 aromatic carbocycles. The SMILES string of the molecule is CC1=C(C)[C@H]2[C@@H]1[C@@H]1C=C[C@@H]2C(C#N)(C#N)C1(C#N)C#N. The molecule has 0 aliphatic heterocycles. The molecule has 0 unspecified atom stereocenters. The summed E-state index contributed by atoms with van der Waals surface area (Å²) < 4.78 is 0. The van der Waals surface area contributed by atoms with Crippen LogP contribution in [-0.4, -0.2) is 0 Å². The minimum atomic E-state index is -1.57. The minimum absolute atomic E-state index is 0.124. The standard InChI is InChI=1S/C16H12N4/c1-9-10(2)14-12-4-3-11(13(9)14)15(5-17,6-18)16(12,7-19)8-20/h3-4,11-14H,1-2H3/t11-,12-,13-,14+/m0/s1. The lowest BCUT2D eigenvalue weighted by molar-refractivity contribution is -0.00582. The fourth-order valence-electron chi connectivity index (χ4n) is 4.49. The van der Waals surface area contributed by atoms with Crippen molar-refractivity contribution in [2.24, 2.45) is 34.5 Å². The molecule has 4 aliphatic rings. The van der Waals surface area contributed by atoms with Gasteiger partial charge in [0.2, 0.25) is 0 Å². The number of nitrogens with zero attached hydrogens (tertiary/aromatic N) is 4. The Balaban J connectivity index is 2.34. The average Bonchev–Trinajstić information content (AvgIpc) is 2.52. The molecule has 0 amide bonds. The number of nitriles is 4. The minimum Gasteiger partial charge on any atom is -0.196 e. The number of hydrogen-bond donors (Lipinski definition) is 0. The lowest BCUT2D eigenvalue weighted by Gasteiger charge is -2.61. The Morgan fingerprint density at radius 1 is 0.750 bits per heavy atom. The topological polar surface area (TPSA) is 95.2 Å². The predicted molar refractivity (Wildman–Crippen MR) is 68.8 cm³/mol. The maximum absolute atomic E-state index is 9.62. The van der Waals surface area contributed by atoms with Gasteiger partial charge in [-0.15, -0.1) is 0 Å². The van der Waals surface area contributed by atoms with E-state index in [1.165, 1.54) is 11.1 Å². The summed E-state index contributed by atoms with van der Waals surface area (Å²) in [5, 5.41) is 38.5. The summed E-state index contributed by atoms with van der Waals surface area (Å²) in [6.45, 7) is 4.04. The van der Waals surface area contributed by atoms with Crippen LogP contribution in [0.4, 0.5) is 0 Å². The van der Waals surface area contributed by atoms with Crippen molar-refractivity contribution in [2.75, 3.05) is 0 Å². The second kappa shape index (κ2) is 3.50. The highest BCUT2D eigenvalue weighted by Crippen LogP contribution is 2.69. The first-order valence-corrected chi connectivity index (χ1v) is 6.55. The molecule has 4 nitrogen and oxygen atoms in total. The maximum atomic E-state index is 9.62. The second-order valence-electron chi connectivity index (χ2n) is 5.92. The van der Waals surface area contributed by atoms with Crippen molar-refractivity contribution >= 4 is 0 Å². The van der Waals surface area contributed by atoms with Crippen LogP contribution in [0.1, 0.15) is 13.8 Å². The molecule has 1 saturated carbocycles. The van der Waals surface area contributed by atoms with E-state index in [1.807, 2.05) is 50.3 Å². The Kier molecular flexibility index (Phi) is 2.19. The first-order valence-electron chi connectivity index (χ1n) is 6.55. The van der Waals surface area contributed by atoms with E-state index < -0.39 is 10.8 Å². The molecule has 0 saturated heterocycles. The van der Waals surface area contributed by atoms with Gasteiger partial charge < -0.3 is 0 Å². The van der Waals surface area contributed by atoms with Crippen LogP contribution in [0.2, 0.25) is 0 Å². The fraction of sp³-hybridized carbons (Fsp3) is 0.500. The van der Waals surface area contributed by atoms with E-state index >= 15 is 0 Å². The van der Waals surface area contributed by atoms with E-state index in [2.05, 4.69) is 0 Å². The molecule has 4 atom stereocenters. The maximum Gasteiger partial charge on any atom is 0.182 e. The number of fused-ring (bicyclic) bond motifs is 1. The molecular weight excluding hydrogens is 248 g/mol. The van der Waals surface area contributed by atoms with Crippen molar-refractivity contribution in [3.05, 3.63) is 23.3 Å². The highest BCUT2D eigenvalue weighted by molar-refractivity contribution is 5.52. The van der Waals surface area contributed by atoms with E-state index in [-0.39, 0.29) is 23.7 Å². The molecular formula is C16H12N4. The normalized spacial score (nSPS) is 37.7. The fourth-order valence-corrected chi connectivity index (χ4v) is 4.49. The molecule has 0 spiro atoms. The largest absolute Gasteiger partial charge is 0.196 e. The van der Waals surface area contributed by atoms with Crippen LogP contribution in [-0.2, 0) is 0 Å². The molecule has 96 valence electrons. The molecule has 0 radical (unpaired) electrons. The number of allylic oxidation sites excluding steroid dienone is 4. The smallest absolute Gasteiger partial charge is 0.182 e. The van der Waals surface area contributed by atoms with Crippen LogP contribution in [0.25, 0.3) is 0 Å². The van der Waals surface area contributed by atoms with Crippen molar-refractivity contribution in [2.45, 2.75) is 13.8 Å². The van der Waals surface area contributed by atoms with Gasteiger partial charge >= 0.3 is 0 Å². The third kappa shape index (κ3) is 0.911. The molecule has 20 heavy (non-hydrogen) atoms. The quantitative estimate of drug-likeness (QED) is 0.625. The van der Waals surface area contributed by atoms with Crippen LogP contribution in [0, 0.1) is 79.8 Å². The Labute approximate surface area is 117 Å². The van der Waals surface area contributed by atoms with Crippen LogP contribution in [0.15, 0.2) is 23.3 Å². The second-order valence-corrected chi connectivity index (χ2v) is 5.92. The van der Waals surface area contributed by atoms with Gasteiger partial charge in [-0.1, -0.05) is 23.3 Å². The van der Waals surface area contributed by atoms with Gasteiger partial charge in [-0.2, -0.15) is 21.0 Å². The van der Waals surface area contributed by atoms with Gasteiger partial charge in [0.05, 0.1) is 24.3 Å². The lowest BCUT2D eigenvalue weighted by Crippen LogP contribution is -2.63. The van der Waals surface area contributed by atoms with E-state index in [4.69, 9.17) is 0 Å². The molecule has 0 aromatic rings. The van der Waals surface area contributed by atoms with Crippen LogP contribution in [0.5, 0.6) is 0 Å². The van der Waals surface area contributed by atoms with E-state index in [0.29, 0.717) is 0 Å². The first kappa shape index (κ1) is 12.5. The Bertz CT molecular complexity index is 638. The molecule has 4 heteroatoms. The Morgan fingerprint density at radius 2 is 1.05 bits per heavy atom. The predicted octanol–water partition coefficient (Wildman–Crippen LogP) is 2.45. The van der Waals surface area contributed by atoms with Gasteiger partial charge in [0.1, 0.15) is 0 Å². The molecule has 0 aromatic heterocycles. The first-order chi connectivity index (χ1) is 9.54. The van der Waals surface area contributed by atoms with Gasteiger partial charge in [-0.25, -0.2) is 0 Å². The Hall–Kier alpha value is -2.56. The zero-order chi connectivity index (χ0) is 14.7. The summed E-state index contributed by atoms with van der Waals surface area (Å²) in [7, 11) is 0. The van der Waals surface area contributed by atoms with E-state index in [0.717, 1.165) is 0 Å². The third-order valence-electron chi connectivity index (χ3n) is 5.64. The van der Waals surface area contributed by atoms with Gasteiger partial charge in [-0.05, 0) is 25.7 Å². The highest BCUT2D eigenvalue weighted by Gasteiger charge is 2.73. The van der Waals surface area contributed by atoms with Gasteiger partial charge in [0, 0.05) is 11.8 Å². The van der Waals surface area contributed by atoms with Gasteiger partial charge in [0.15, 0.2) is 10.8 Å². The number of rotatable bonds is 0. The molecule has 4 aliphatic carbocycles. The Morgan fingerprint density at radius 3 is 1.30 bits per heavy atom. The van der Waals surface area contributed by atoms with E-state index in [1.54, 1.807) is 0 Å². The van der Waals surface area contributed by atoms with E-state index in [9.17, 15) is 21.0 Å². The van der Waals surface area contributed by atoms with Crippen molar-refractivity contribution in [3.8, 4) is 24.3 Å². The molecule has 0 heterocycles. The monoisotopic (exact) mass is 260 g/mol. The van der Waals surface area contributed by atoms with Crippen molar-refractivity contribution in [1.29, 1.82) is 21.0 Å². The third-order valence-corrected chi connectivity index (χ3v) is 5.64. The summed E-state index contributed by atoms with van der Waals surface area (Å²) >= 11 is 0. The summed E-state index contributed by atoms with van der Waals surface area (Å²) in [4.78, 5) is 0. The molecule has 0 N–H and O–H groups in total. The summed E-state index contributed by atoms with van der Waals surface area (Å²) in [6.07, 6.45) is 3.75. The zero-order valence-corrected chi connectivity index (χ0v) is 11.3. The summed E-state index contributed by atoms with van der Waals surface area (Å²) in [6, 6.07) is 8.13. The van der Waals surface area contributed by atoms with Crippen LogP contribution < -0.4 is 0 Å². The van der Waals surface area contributed by atoms with Crippen molar-refractivity contribution in [3.63, 3.8) is 0 Å². The van der Waals surface area contributed by atoms with Crippen LogP contribution >= 0.6 is 0 Å². The molecule has 2 bridgehead atoms. The van der Waals surface area contributed by atoms with Gasteiger partial charge in [-0.3, -0.25) is 0 Å². The zero-order valence-electron chi connectivity index (χ0n) is 11.3. The highest BCUT2D eigenvalue weighted by atomic mass is 14.7. The molecule has 1 fully saturated rings. The van der Waals surface area contributed by atoms with Crippen molar-refractivity contribution in [1.82, 2.24) is 0 Å². The summed E-state index contributed by atoms with van der Waals surface area (Å²) in [5.41, 5.74) is -0.736. The number of hydrogen-bond acceptors (Lipinski definition) is 4. The van der Waals surface area contributed by atoms with Crippen LogP contribution in [0.3, 0.4) is 0 Å². The summed E-state index contributed by atoms with van der Waals surface area (Å²) in [5.74, 6) is -0.482. The lowest BCUT2D eigenvalue weighted by atomic mass is 9.36. The van der Waals surface area contributed by atoms with Gasteiger partial charge in [0.25, 0.3) is 0 Å². The van der Waals surface area contributed by atoms with Crippen molar-refractivity contribution < 1.29 is 0 Å². The molecule has 4 rings (SSSR count).